The van der Waals surface area contributed by atoms with Crippen LogP contribution in [0, 0.1) is 0 Å². The first kappa shape index (κ1) is 15.9. The van der Waals surface area contributed by atoms with Crippen LogP contribution < -0.4 is 17.0 Å². The number of hydrogen-bond donors (Lipinski definition) is 2. The lowest BCUT2D eigenvalue weighted by Gasteiger charge is -2.11. The number of allylic oxidation sites excluding steroid dienone is 1. The molecule has 3 rings (SSSR count). The Morgan fingerprint density at radius 2 is 1.83 bits per heavy atom. The second-order valence-electron chi connectivity index (χ2n) is 4.87. The van der Waals surface area contributed by atoms with E-state index in [0.717, 1.165) is 0 Å². The van der Waals surface area contributed by atoms with Crippen LogP contribution in [0.1, 0.15) is 5.82 Å². The molecule has 0 aliphatic rings. The highest BCUT2D eigenvalue weighted by molar-refractivity contribution is 7.98. The maximum Gasteiger partial charge on any atom is 0.262 e. The van der Waals surface area contributed by atoms with E-state index in [2.05, 4.69) is 26.5 Å². The van der Waals surface area contributed by atoms with Gasteiger partial charge in [0.15, 0.2) is 5.16 Å². The zero-order chi connectivity index (χ0) is 17.1. The molecule has 0 radical (unpaired) electrons. The molecule has 24 heavy (non-hydrogen) atoms. The summed E-state index contributed by atoms with van der Waals surface area (Å²) in [7, 11) is 0. The molecule has 2 aromatic heterocycles. The highest BCUT2D eigenvalue weighted by Crippen LogP contribution is 2.21. The Labute approximate surface area is 141 Å². The van der Waals surface area contributed by atoms with Crippen LogP contribution in [-0.4, -0.2) is 24.5 Å². The lowest BCUT2D eigenvalue weighted by Crippen LogP contribution is -2.22. The SMILES string of the molecule is C=CCn1c(SCc2nc(N)nc(N)n2)nc2ccccc2c1=O. The van der Waals surface area contributed by atoms with Crippen LogP contribution in [0.5, 0.6) is 0 Å². The molecule has 0 atom stereocenters. The fourth-order valence-electron chi connectivity index (χ4n) is 2.20. The van der Waals surface area contributed by atoms with E-state index in [9.17, 15) is 4.79 Å². The minimum Gasteiger partial charge on any atom is -0.368 e. The third kappa shape index (κ3) is 3.20. The number of nitrogen functional groups attached to an aromatic ring is 2. The van der Waals surface area contributed by atoms with Crippen molar-refractivity contribution >= 4 is 34.6 Å². The van der Waals surface area contributed by atoms with E-state index < -0.39 is 0 Å². The number of nitrogens with two attached hydrogens (primary N) is 2. The zero-order valence-corrected chi connectivity index (χ0v) is 13.5. The first-order valence-electron chi connectivity index (χ1n) is 7.07. The van der Waals surface area contributed by atoms with Gasteiger partial charge < -0.3 is 11.5 Å². The van der Waals surface area contributed by atoms with Gasteiger partial charge in [0.05, 0.1) is 16.7 Å². The number of hydrogen-bond acceptors (Lipinski definition) is 8. The molecule has 0 fully saturated rings. The van der Waals surface area contributed by atoms with Crippen molar-refractivity contribution in [3.8, 4) is 0 Å². The summed E-state index contributed by atoms with van der Waals surface area (Å²) >= 11 is 1.33. The molecule has 4 N–H and O–H groups in total. The molecule has 0 saturated carbocycles. The van der Waals surface area contributed by atoms with Crippen LogP contribution in [0.15, 0.2) is 46.9 Å². The zero-order valence-electron chi connectivity index (χ0n) is 12.7. The van der Waals surface area contributed by atoms with Gasteiger partial charge in [0.2, 0.25) is 11.9 Å². The largest absolute Gasteiger partial charge is 0.368 e. The average Bonchev–Trinajstić information content (AvgIpc) is 2.55. The molecule has 0 amide bonds. The summed E-state index contributed by atoms with van der Waals surface area (Å²) in [6.07, 6.45) is 1.65. The van der Waals surface area contributed by atoms with Gasteiger partial charge in [-0.05, 0) is 12.1 Å². The number of para-hydroxylation sites is 1. The van der Waals surface area contributed by atoms with E-state index in [4.69, 9.17) is 11.5 Å². The minimum absolute atomic E-state index is 0.0630. The molecule has 0 aliphatic carbocycles. The van der Waals surface area contributed by atoms with Crippen LogP contribution in [0.2, 0.25) is 0 Å². The molecule has 0 saturated heterocycles. The Bertz CT molecular complexity index is 949. The summed E-state index contributed by atoms with van der Waals surface area (Å²) in [5, 5.41) is 1.12. The molecular weight excluding hydrogens is 326 g/mol. The Hall–Kier alpha value is -2.94. The first-order valence-corrected chi connectivity index (χ1v) is 8.06. The van der Waals surface area contributed by atoms with Gasteiger partial charge in [0.25, 0.3) is 5.56 Å². The smallest absolute Gasteiger partial charge is 0.262 e. The van der Waals surface area contributed by atoms with Crippen molar-refractivity contribution in [2.45, 2.75) is 17.5 Å². The predicted molar refractivity (Wildman–Crippen MR) is 94.4 cm³/mol. The quantitative estimate of drug-likeness (QED) is 0.403. The summed E-state index contributed by atoms with van der Waals surface area (Å²) in [5.74, 6) is 0.914. The van der Waals surface area contributed by atoms with E-state index in [1.165, 1.54) is 11.8 Å². The third-order valence-corrected chi connectivity index (χ3v) is 4.16. The molecule has 3 aromatic rings. The predicted octanol–water partition coefficient (Wildman–Crippen LogP) is 1.22. The Morgan fingerprint density at radius 3 is 2.54 bits per heavy atom. The molecule has 1 aromatic carbocycles. The number of aromatic nitrogens is 5. The van der Waals surface area contributed by atoms with Crippen molar-refractivity contribution in [3.63, 3.8) is 0 Å². The van der Waals surface area contributed by atoms with Crippen molar-refractivity contribution in [2.24, 2.45) is 0 Å². The van der Waals surface area contributed by atoms with Crippen molar-refractivity contribution in [1.29, 1.82) is 0 Å². The van der Waals surface area contributed by atoms with Gasteiger partial charge in [-0.3, -0.25) is 9.36 Å². The number of fused-ring (bicyclic) bond motifs is 1. The third-order valence-electron chi connectivity index (χ3n) is 3.18. The van der Waals surface area contributed by atoms with E-state index in [1.807, 2.05) is 12.1 Å². The van der Waals surface area contributed by atoms with Gasteiger partial charge in [-0.15, -0.1) is 6.58 Å². The first-order chi connectivity index (χ1) is 11.6. The number of nitrogens with zero attached hydrogens (tertiary/aromatic N) is 5. The number of anilines is 2. The van der Waals surface area contributed by atoms with Crippen molar-refractivity contribution in [1.82, 2.24) is 24.5 Å². The van der Waals surface area contributed by atoms with Gasteiger partial charge in [0, 0.05) is 6.54 Å². The number of thioether (sulfide) groups is 1. The van der Waals surface area contributed by atoms with E-state index in [1.54, 1.807) is 22.8 Å². The summed E-state index contributed by atoms with van der Waals surface area (Å²) in [6, 6.07) is 7.21. The molecular formula is C15H15N7OS. The second kappa shape index (κ2) is 6.67. The van der Waals surface area contributed by atoms with Crippen LogP contribution in [0.4, 0.5) is 11.9 Å². The summed E-state index contributed by atoms with van der Waals surface area (Å²) in [4.78, 5) is 29.0. The maximum absolute atomic E-state index is 12.6. The molecule has 0 spiro atoms. The number of benzene rings is 1. The Morgan fingerprint density at radius 1 is 1.12 bits per heavy atom. The lowest BCUT2D eigenvalue weighted by molar-refractivity contribution is 0.671. The Balaban J connectivity index is 1.99. The highest BCUT2D eigenvalue weighted by atomic mass is 32.2. The normalized spacial score (nSPS) is 10.8. The average molecular weight is 341 g/mol. The lowest BCUT2D eigenvalue weighted by atomic mass is 10.2. The minimum atomic E-state index is -0.113. The second-order valence-corrected chi connectivity index (χ2v) is 5.82. The van der Waals surface area contributed by atoms with Gasteiger partial charge >= 0.3 is 0 Å². The van der Waals surface area contributed by atoms with Gasteiger partial charge in [-0.1, -0.05) is 30.0 Å². The van der Waals surface area contributed by atoms with Gasteiger partial charge in [0.1, 0.15) is 5.82 Å². The summed E-state index contributed by atoms with van der Waals surface area (Å²) in [6.45, 7) is 4.06. The van der Waals surface area contributed by atoms with Crippen molar-refractivity contribution < 1.29 is 0 Å². The van der Waals surface area contributed by atoms with Crippen LogP contribution in [-0.2, 0) is 12.3 Å². The standard InChI is InChI=1S/C15H15N7OS/c1-2-7-22-12(23)9-5-3-4-6-10(9)18-15(22)24-8-11-19-13(16)21-14(17)20-11/h2-6H,1,7-8H2,(H4,16,17,19,20,21). The summed E-state index contributed by atoms with van der Waals surface area (Å²) < 4.78 is 1.56. The highest BCUT2D eigenvalue weighted by Gasteiger charge is 2.12. The van der Waals surface area contributed by atoms with Crippen LogP contribution in [0.3, 0.4) is 0 Å². The molecule has 9 heteroatoms. The molecule has 0 aliphatic heterocycles. The van der Waals surface area contributed by atoms with Gasteiger partial charge in [-0.25, -0.2) is 4.98 Å². The monoisotopic (exact) mass is 341 g/mol. The molecule has 0 bridgehead atoms. The molecule has 8 nitrogen and oxygen atoms in total. The topological polar surface area (TPSA) is 126 Å². The summed E-state index contributed by atoms with van der Waals surface area (Å²) in [5.41, 5.74) is 11.7. The van der Waals surface area contributed by atoms with E-state index in [-0.39, 0.29) is 17.5 Å². The molecule has 0 unspecified atom stereocenters. The Kier molecular flexibility index (Phi) is 4.43. The molecule has 2 heterocycles. The molecule has 122 valence electrons. The van der Waals surface area contributed by atoms with Crippen LogP contribution in [0.25, 0.3) is 10.9 Å². The van der Waals surface area contributed by atoms with Crippen molar-refractivity contribution in [3.05, 3.63) is 53.1 Å². The van der Waals surface area contributed by atoms with E-state index >= 15 is 0 Å². The maximum atomic E-state index is 12.6. The fraction of sp³-hybridized carbons (Fsp3) is 0.133. The number of rotatable bonds is 5. The van der Waals surface area contributed by atoms with Crippen LogP contribution >= 0.6 is 11.8 Å². The van der Waals surface area contributed by atoms with Gasteiger partial charge in [-0.2, -0.15) is 15.0 Å². The van der Waals surface area contributed by atoms with E-state index in [0.29, 0.717) is 34.2 Å². The fourth-order valence-corrected chi connectivity index (χ4v) is 3.06. The van der Waals surface area contributed by atoms with Crippen molar-refractivity contribution in [2.75, 3.05) is 11.5 Å².